The van der Waals surface area contributed by atoms with Crippen molar-refractivity contribution in [3.8, 4) is 0 Å². The van der Waals surface area contributed by atoms with Crippen molar-refractivity contribution in [3.63, 3.8) is 0 Å². The fraction of sp³-hybridized carbons (Fsp3) is 0. The Bertz CT molecular complexity index is 643. The molecule has 0 spiro atoms. The van der Waals surface area contributed by atoms with Crippen molar-refractivity contribution in [1.82, 2.24) is 4.98 Å². The Morgan fingerprint density at radius 3 is 2.15 bits per heavy atom. The molecule has 0 aliphatic carbocycles. The highest BCUT2D eigenvalue weighted by molar-refractivity contribution is 6.29. The number of aromatic nitrogens is 1. The van der Waals surface area contributed by atoms with E-state index in [1.54, 1.807) is 42.5 Å². The lowest BCUT2D eigenvalue weighted by Crippen LogP contribution is -2.19. The number of halogens is 1. The normalized spacial score (nSPS) is 9.85. The van der Waals surface area contributed by atoms with Crippen LogP contribution >= 0.6 is 11.6 Å². The number of pyridine rings is 1. The maximum atomic E-state index is 11.9. The molecule has 1 heterocycles. The van der Waals surface area contributed by atoms with Crippen molar-refractivity contribution in [2.75, 3.05) is 10.6 Å². The van der Waals surface area contributed by atoms with Gasteiger partial charge in [-0.2, -0.15) is 0 Å². The average molecular weight is 291 g/mol. The molecule has 20 heavy (non-hydrogen) atoms. The van der Waals surface area contributed by atoms with E-state index in [0.717, 1.165) is 0 Å². The first-order valence-electron chi connectivity index (χ1n) is 5.65. The van der Waals surface area contributed by atoms with Gasteiger partial charge in [-0.25, -0.2) is 9.78 Å². The van der Waals surface area contributed by atoms with Crippen LogP contribution in [0.5, 0.6) is 0 Å². The van der Waals surface area contributed by atoms with Crippen molar-refractivity contribution in [2.45, 2.75) is 0 Å². The van der Waals surface area contributed by atoms with Crippen LogP contribution < -0.4 is 16.4 Å². The van der Waals surface area contributed by atoms with Gasteiger partial charge in [0.2, 0.25) is 0 Å². The lowest BCUT2D eigenvalue weighted by Gasteiger charge is -2.06. The van der Waals surface area contributed by atoms with Crippen molar-refractivity contribution >= 4 is 34.9 Å². The summed E-state index contributed by atoms with van der Waals surface area (Å²) in [6.07, 6.45) is 0. The monoisotopic (exact) mass is 290 g/mol. The molecule has 2 rings (SSSR count). The van der Waals surface area contributed by atoms with E-state index in [2.05, 4.69) is 15.6 Å². The number of nitrogens with zero attached hydrogens (tertiary/aromatic N) is 1. The number of rotatable bonds is 3. The highest BCUT2D eigenvalue weighted by Gasteiger charge is 2.08. The molecule has 3 amide bonds. The Balaban J connectivity index is 2.06. The van der Waals surface area contributed by atoms with Crippen LogP contribution in [0, 0.1) is 0 Å². The molecule has 1 aromatic heterocycles. The smallest absolute Gasteiger partial charge is 0.316 e. The molecule has 2 aromatic rings. The predicted molar refractivity (Wildman–Crippen MR) is 76.8 cm³/mol. The lowest BCUT2D eigenvalue weighted by molar-refractivity contribution is 0.102. The van der Waals surface area contributed by atoms with Crippen molar-refractivity contribution < 1.29 is 9.59 Å². The minimum Gasteiger partial charge on any atom is -0.351 e. The number of carbonyl (C=O) groups is 2. The first-order chi connectivity index (χ1) is 9.54. The molecule has 0 radical (unpaired) electrons. The highest BCUT2D eigenvalue weighted by Crippen LogP contribution is 2.14. The van der Waals surface area contributed by atoms with Gasteiger partial charge in [0.05, 0.1) is 0 Å². The minimum atomic E-state index is -0.648. The van der Waals surface area contributed by atoms with Crippen LogP contribution in [0.4, 0.5) is 16.2 Å². The topological polar surface area (TPSA) is 97.1 Å². The van der Waals surface area contributed by atoms with Crippen molar-refractivity contribution in [2.24, 2.45) is 5.73 Å². The fourth-order valence-electron chi connectivity index (χ4n) is 1.51. The first-order valence-corrected chi connectivity index (χ1v) is 6.03. The summed E-state index contributed by atoms with van der Waals surface area (Å²) >= 11 is 5.72. The van der Waals surface area contributed by atoms with E-state index in [0.29, 0.717) is 11.4 Å². The van der Waals surface area contributed by atoms with Gasteiger partial charge < -0.3 is 16.4 Å². The van der Waals surface area contributed by atoms with E-state index < -0.39 is 6.03 Å². The van der Waals surface area contributed by atoms with Gasteiger partial charge in [-0.1, -0.05) is 17.7 Å². The molecule has 0 fully saturated rings. The zero-order valence-corrected chi connectivity index (χ0v) is 11.0. The number of amides is 3. The predicted octanol–water partition coefficient (Wildman–Crippen LogP) is 2.48. The molecule has 0 atom stereocenters. The van der Waals surface area contributed by atoms with Crippen molar-refractivity contribution in [3.05, 3.63) is 53.3 Å². The van der Waals surface area contributed by atoms with E-state index in [-0.39, 0.29) is 16.8 Å². The average Bonchev–Trinajstić information content (AvgIpc) is 2.40. The van der Waals surface area contributed by atoms with Gasteiger partial charge >= 0.3 is 6.03 Å². The highest BCUT2D eigenvalue weighted by atomic mass is 35.5. The Morgan fingerprint density at radius 1 is 1.00 bits per heavy atom. The Kier molecular flexibility index (Phi) is 4.17. The third-order valence-electron chi connectivity index (χ3n) is 2.36. The number of nitrogens with two attached hydrogens (primary N) is 1. The summed E-state index contributed by atoms with van der Waals surface area (Å²) in [5.74, 6) is -0.372. The van der Waals surface area contributed by atoms with E-state index >= 15 is 0 Å². The summed E-state index contributed by atoms with van der Waals surface area (Å²) in [5, 5.41) is 5.33. The van der Waals surface area contributed by atoms with Crippen LogP contribution in [0.15, 0.2) is 42.5 Å². The largest absolute Gasteiger partial charge is 0.351 e. The van der Waals surface area contributed by atoms with Gasteiger partial charge in [0.15, 0.2) is 0 Å². The van der Waals surface area contributed by atoms with E-state index in [4.69, 9.17) is 17.3 Å². The van der Waals surface area contributed by atoms with Gasteiger partial charge in [-0.05, 0) is 36.4 Å². The molecule has 7 heteroatoms. The van der Waals surface area contributed by atoms with Crippen LogP contribution in [-0.4, -0.2) is 16.9 Å². The molecular formula is C13H11ClN4O2. The van der Waals surface area contributed by atoms with E-state index in [1.807, 2.05) is 0 Å². The van der Waals surface area contributed by atoms with Crippen LogP contribution in [0.2, 0.25) is 5.15 Å². The van der Waals surface area contributed by atoms with Gasteiger partial charge in [0, 0.05) is 11.4 Å². The number of hydrogen-bond donors (Lipinski definition) is 3. The second kappa shape index (κ2) is 6.03. The number of benzene rings is 1. The van der Waals surface area contributed by atoms with Gasteiger partial charge in [0.25, 0.3) is 5.91 Å². The molecule has 6 nitrogen and oxygen atoms in total. The molecule has 1 aromatic carbocycles. The van der Waals surface area contributed by atoms with Gasteiger partial charge in [-0.3, -0.25) is 4.79 Å². The molecule has 0 aliphatic rings. The van der Waals surface area contributed by atoms with Crippen LogP contribution in [0.25, 0.3) is 0 Å². The molecule has 0 aliphatic heterocycles. The van der Waals surface area contributed by atoms with Crippen LogP contribution in [0.3, 0.4) is 0 Å². The summed E-state index contributed by atoms with van der Waals surface area (Å²) in [4.78, 5) is 26.5. The van der Waals surface area contributed by atoms with E-state index in [1.165, 1.54) is 0 Å². The van der Waals surface area contributed by atoms with Crippen LogP contribution in [0.1, 0.15) is 10.5 Å². The third kappa shape index (κ3) is 3.69. The number of anilines is 2. The van der Waals surface area contributed by atoms with Gasteiger partial charge in [0.1, 0.15) is 10.8 Å². The number of primary amides is 1. The quantitative estimate of drug-likeness (QED) is 0.757. The Morgan fingerprint density at radius 2 is 1.60 bits per heavy atom. The standard InChI is InChI=1S/C13H11ClN4O2/c14-11-3-1-2-10(18-11)12(19)16-8-4-6-9(7-5-8)17-13(15)20/h1-7H,(H,16,19)(H3,15,17,20). The fourth-order valence-corrected chi connectivity index (χ4v) is 1.67. The first kappa shape index (κ1) is 13.8. The Labute approximate surface area is 120 Å². The summed E-state index contributed by atoms with van der Waals surface area (Å²) in [6.45, 7) is 0. The minimum absolute atomic E-state index is 0.219. The Hall–Kier alpha value is -2.60. The molecule has 102 valence electrons. The second-order valence-corrected chi connectivity index (χ2v) is 4.25. The maximum Gasteiger partial charge on any atom is 0.316 e. The number of urea groups is 1. The number of nitrogens with one attached hydrogen (secondary N) is 2. The zero-order valence-electron chi connectivity index (χ0n) is 10.3. The molecule has 4 N–H and O–H groups in total. The molecule has 0 bridgehead atoms. The second-order valence-electron chi connectivity index (χ2n) is 3.87. The molecule has 0 saturated heterocycles. The number of hydrogen-bond acceptors (Lipinski definition) is 3. The van der Waals surface area contributed by atoms with Crippen molar-refractivity contribution in [1.29, 1.82) is 0 Å². The summed E-state index contributed by atoms with van der Waals surface area (Å²) < 4.78 is 0. The molecular weight excluding hydrogens is 280 g/mol. The third-order valence-corrected chi connectivity index (χ3v) is 2.57. The maximum absolute atomic E-state index is 11.9. The summed E-state index contributed by atoms with van der Waals surface area (Å²) in [7, 11) is 0. The SMILES string of the molecule is NC(=O)Nc1ccc(NC(=O)c2cccc(Cl)n2)cc1. The summed E-state index contributed by atoms with van der Waals surface area (Å²) in [5.41, 5.74) is 6.31. The number of carbonyl (C=O) groups excluding carboxylic acids is 2. The lowest BCUT2D eigenvalue weighted by atomic mass is 10.2. The van der Waals surface area contributed by atoms with E-state index in [9.17, 15) is 9.59 Å². The van der Waals surface area contributed by atoms with Gasteiger partial charge in [-0.15, -0.1) is 0 Å². The zero-order chi connectivity index (χ0) is 14.5. The molecule has 0 unspecified atom stereocenters. The molecule has 0 saturated carbocycles. The summed E-state index contributed by atoms with van der Waals surface area (Å²) in [6, 6.07) is 10.6. The van der Waals surface area contributed by atoms with Crippen LogP contribution in [-0.2, 0) is 0 Å².